The summed E-state index contributed by atoms with van der Waals surface area (Å²) in [6, 6.07) is 7.76. The zero-order valence-corrected chi connectivity index (χ0v) is 11.4. The number of aliphatic hydroxyl groups is 1. The van der Waals surface area contributed by atoms with Crippen LogP contribution in [0.25, 0.3) is 11.1 Å². The zero-order chi connectivity index (χ0) is 13.3. The third-order valence-electron chi connectivity index (χ3n) is 4.72. The molecule has 102 valence electrons. The van der Waals surface area contributed by atoms with Gasteiger partial charge in [0.05, 0.1) is 12.5 Å². The summed E-state index contributed by atoms with van der Waals surface area (Å²) < 4.78 is 5.72. The Morgan fingerprint density at radius 3 is 2.74 bits per heavy atom. The predicted octanol–water partition coefficient (Wildman–Crippen LogP) is 3.70. The van der Waals surface area contributed by atoms with Gasteiger partial charge in [-0.2, -0.15) is 0 Å². The van der Waals surface area contributed by atoms with Crippen molar-refractivity contribution in [3.8, 4) is 0 Å². The maximum atomic E-state index is 10.6. The van der Waals surface area contributed by atoms with E-state index in [2.05, 4.69) is 11.9 Å². The molecule has 0 saturated heterocycles. The molecule has 3 nitrogen and oxygen atoms in total. The fraction of sp³-hybridized carbons (Fsp3) is 0.562. The van der Waals surface area contributed by atoms with E-state index in [0.717, 1.165) is 30.4 Å². The summed E-state index contributed by atoms with van der Waals surface area (Å²) in [4.78, 5) is 4.46. The second-order valence-corrected chi connectivity index (χ2v) is 5.72. The Kier molecular flexibility index (Phi) is 3.31. The molecule has 1 aromatic heterocycles. The molecule has 0 aliphatic heterocycles. The molecule has 1 fully saturated rings. The normalized spacial score (nSPS) is 19.9. The van der Waals surface area contributed by atoms with Crippen molar-refractivity contribution in [2.45, 2.75) is 51.6 Å². The van der Waals surface area contributed by atoms with Crippen LogP contribution in [-0.2, 0) is 6.42 Å². The minimum Gasteiger partial charge on any atom is -0.441 e. The number of hydrogen-bond acceptors (Lipinski definition) is 3. The highest BCUT2D eigenvalue weighted by molar-refractivity contribution is 5.72. The number of para-hydroxylation sites is 2. The first kappa shape index (κ1) is 12.7. The number of aromatic nitrogens is 1. The second-order valence-electron chi connectivity index (χ2n) is 5.72. The smallest absolute Gasteiger partial charge is 0.198 e. The molecular weight excluding hydrogens is 238 g/mol. The summed E-state index contributed by atoms with van der Waals surface area (Å²) in [6.07, 6.45) is 5.96. The highest BCUT2D eigenvalue weighted by Crippen LogP contribution is 2.44. The van der Waals surface area contributed by atoms with E-state index in [0.29, 0.717) is 12.3 Å². The summed E-state index contributed by atoms with van der Waals surface area (Å²) >= 11 is 0. The second kappa shape index (κ2) is 4.97. The Morgan fingerprint density at radius 2 is 2.05 bits per heavy atom. The summed E-state index contributed by atoms with van der Waals surface area (Å²) in [5.41, 5.74) is 1.77. The van der Waals surface area contributed by atoms with Crippen molar-refractivity contribution in [2.24, 2.45) is 5.41 Å². The van der Waals surface area contributed by atoms with Gasteiger partial charge < -0.3 is 9.52 Å². The maximum Gasteiger partial charge on any atom is 0.198 e. The van der Waals surface area contributed by atoms with E-state index in [1.54, 1.807) is 0 Å². The van der Waals surface area contributed by atoms with Crippen LogP contribution in [0, 0.1) is 5.41 Å². The number of aliphatic hydroxyl groups excluding tert-OH is 1. The van der Waals surface area contributed by atoms with Crippen molar-refractivity contribution in [1.82, 2.24) is 4.98 Å². The van der Waals surface area contributed by atoms with E-state index in [-0.39, 0.29) is 11.5 Å². The lowest BCUT2D eigenvalue weighted by Crippen LogP contribution is -2.33. The first-order valence-corrected chi connectivity index (χ1v) is 7.26. The van der Waals surface area contributed by atoms with Crippen molar-refractivity contribution >= 4 is 11.1 Å². The van der Waals surface area contributed by atoms with Crippen molar-refractivity contribution in [2.75, 3.05) is 0 Å². The van der Waals surface area contributed by atoms with Crippen LogP contribution in [0.5, 0.6) is 0 Å². The van der Waals surface area contributed by atoms with Gasteiger partial charge in [0.1, 0.15) is 5.52 Å². The van der Waals surface area contributed by atoms with E-state index in [1.807, 2.05) is 24.3 Å². The van der Waals surface area contributed by atoms with E-state index in [1.165, 1.54) is 12.8 Å². The molecule has 1 heterocycles. The van der Waals surface area contributed by atoms with Gasteiger partial charge in [-0.25, -0.2) is 4.98 Å². The third kappa shape index (κ3) is 2.27. The summed E-state index contributed by atoms with van der Waals surface area (Å²) in [6.45, 7) is 2.18. The minimum absolute atomic E-state index is 0.0840. The molecule has 1 unspecified atom stereocenters. The van der Waals surface area contributed by atoms with Gasteiger partial charge in [0.2, 0.25) is 0 Å². The van der Waals surface area contributed by atoms with E-state index in [4.69, 9.17) is 4.42 Å². The van der Waals surface area contributed by atoms with Crippen LogP contribution < -0.4 is 0 Å². The van der Waals surface area contributed by atoms with E-state index in [9.17, 15) is 5.11 Å². The molecule has 1 saturated carbocycles. The molecule has 0 amide bonds. The molecule has 1 aliphatic carbocycles. The van der Waals surface area contributed by atoms with Crippen molar-refractivity contribution in [1.29, 1.82) is 0 Å². The van der Waals surface area contributed by atoms with Gasteiger partial charge in [-0.15, -0.1) is 0 Å². The van der Waals surface area contributed by atoms with Gasteiger partial charge >= 0.3 is 0 Å². The molecule has 1 N–H and O–H groups in total. The topological polar surface area (TPSA) is 46.3 Å². The Hall–Kier alpha value is -1.35. The van der Waals surface area contributed by atoms with Crippen molar-refractivity contribution in [3.63, 3.8) is 0 Å². The number of rotatable bonds is 4. The molecular formula is C16H21NO2. The molecule has 1 aromatic carbocycles. The largest absolute Gasteiger partial charge is 0.441 e. The lowest BCUT2D eigenvalue weighted by molar-refractivity contribution is 0.0215. The van der Waals surface area contributed by atoms with Crippen molar-refractivity contribution < 1.29 is 9.52 Å². The summed E-state index contributed by atoms with van der Waals surface area (Å²) in [7, 11) is 0. The average molecular weight is 259 g/mol. The Balaban J connectivity index is 1.80. The monoisotopic (exact) mass is 259 g/mol. The Morgan fingerprint density at radius 1 is 1.32 bits per heavy atom. The molecule has 1 aliphatic rings. The van der Waals surface area contributed by atoms with Gasteiger partial charge in [-0.1, -0.05) is 31.9 Å². The number of oxazole rings is 1. The van der Waals surface area contributed by atoms with Gasteiger partial charge in [-0.05, 0) is 36.8 Å². The van der Waals surface area contributed by atoms with Crippen LogP contribution in [0.3, 0.4) is 0 Å². The predicted molar refractivity (Wildman–Crippen MR) is 74.9 cm³/mol. The van der Waals surface area contributed by atoms with E-state index >= 15 is 0 Å². The Bertz CT molecular complexity index is 522. The SMILES string of the molecule is CCC1(C(O)Cc2nc3ccccc3o2)CCCC1. The molecule has 19 heavy (non-hydrogen) atoms. The molecule has 0 radical (unpaired) electrons. The van der Waals surface area contributed by atoms with Crippen LogP contribution in [-0.4, -0.2) is 16.2 Å². The minimum atomic E-state index is -0.340. The number of fused-ring (bicyclic) bond motifs is 1. The lowest BCUT2D eigenvalue weighted by atomic mass is 9.76. The maximum absolute atomic E-state index is 10.6. The summed E-state index contributed by atoms with van der Waals surface area (Å²) in [5.74, 6) is 0.661. The van der Waals surface area contributed by atoms with Crippen LogP contribution in [0.2, 0.25) is 0 Å². The number of nitrogens with zero attached hydrogens (tertiary/aromatic N) is 1. The van der Waals surface area contributed by atoms with Crippen molar-refractivity contribution in [3.05, 3.63) is 30.2 Å². The summed E-state index contributed by atoms with van der Waals surface area (Å²) in [5, 5.41) is 10.6. The van der Waals surface area contributed by atoms with E-state index < -0.39 is 0 Å². The lowest BCUT2D eigenvalue weighted by Gasteiger charge is -2.32. The first-order valence-electron chi connectivity index (χ1n) is 7.26. The van der Waals surface area contributed by atoms with Crippen LogP contribution in [0.4, 0.5) is 0 Å². The fourth-order valence-corrected chi connectivity index (χ4v) is 3.39. The van der Waals surface area contributed by atoms with Crippen LogP contribution in [0.15, 0.2) is 28.7 Å². The zero-order valence-electron chi connectivity index (χ0n) is 11.4. The van der Waals surface area contributed by atoms with Gasteiger partial charge in [-0.3, -0.25) is 0 Å². The fourth-order valence-electron chi connectivity index (χ4n) is 3.39. The van der Waals surface area contributed by atoms with Crippen LogP contribution in [0.1, 0.15) is 44.9 Å². The Labute approximate surface area is 113 Å². The molecule has 2 aromatic rings. The highest BCUT2D eigenvalue weighted by Gasteiger charge is 2.39. The first-order chi connectivity index (χ1) is 9.23. The van der Waals surface area contributed by atoms with Crippen LogP contribution >= 0.6 is 0 Å². The molecule has 0 bridgehead atoms. The highest BCUT2D eigenvalue weighted by atomic mass is 16.4. The molecule has 1 atom stereocenters. The standard InChI is InChI=1S/C16H21NO2/c1-2-16(9-5-6-10-16)14(18)11-15-17-12-7-3-4-8-13(12)19-15/h3-4,7-8,14,18H,2,5-6,9-11H2,1H3. The average Bonchev–Trinajstić information content (AvgIpc) is 3.05. The number of benzene rings is 1. The molecule has 3 heteroatoms. The van der Waals surface area contributed by atoms with Gasteiger partial charge in [0.15, 0.2) is 11.5 Å². The number of hydrogen-bond donors (Lipinski definition) is 1. The van der Waals surface area contributed by atoms with Gasteiger partial charge in [0, 0.05) is 0 Å². The van der Waals surface area contributed by atoms with Gasteiger partial charge in [0.25, 0.3) is 0 Å². The third-order valence-corrected chi connectivity index (χ3v) is 4.72. The molecule has 3 rings (SSSR count). The quantitative estimate of drug-likeness (QED) is 0.910. The molecule has 0 spiro atoms.